The van der Waals surface area contributed by atoms with Gasteiger partial charge in [0.15, 0.2) is 0 Å². The first-order valence-electron chi connectivity index (χ1n) is 11.2. The molecule has 2 aromatic carbocycles. The highest BCUT2D eigenvalue weighted by Gasteiger charge is 2.35. The van der Waals surface area contributed by atoms with Gasteiger partial charge in [0.1, 0.15) is 5.75 Å². The second-order valence-electron chi connectivity index (χ2n) is 8.78. The molecule has 4 rings (SSSR count). The van der Waals surface area contributed by atoms with Crippen molar-refractivity contribution in [1.82, 2.24) is 9.47 Å². The van der Waals surface area contributed by atoms with E-state index < -0.39 is 17.7 Å². The zero-order valence-corrected chi connectivity index (χ0v) is 22.0. The van der Waals surface area contributed by atoms with Crippen LogP contribution in [-0.2, 0) is 23.2 Å². The predicted molar refractivity (Wildman–Crippen MR) is 134 cm³/mol. The molecule has 0 aliphatic heterocycles. The number of hydrogen-bond donors (Lipinski definition) is 1. The summed E-state index contributed by atoms with van der Waals surface area (Å²) in [6.45, 7) is 2.30. The van der Waals surface area contributed by atoms with Crippen LogP contribution < -0.4 is 0 Å². The molecule has 5 nitrogen and oxygen atoms in total. The maximum absolute atomic E-state index is 13.3. The van der Waals surface area contributed by atoms with Crippen molar-refractivity contribution in [2.45, 2.75) is 49.2 Å². The molecule has 0 spiro atoms. The van der Waals surface area contributed by atoms with E-state index in [9.17, 15) is 23.1 Å². The molecule has 35 heavy (non-hydrogen) atoms. The number of benzene rings is 2. The number of carbonyl (C=O) groups excluding carboxylic acids is 1. The maximum Gasteiger partial charge on any atom is 0.416 e. The molecular formula is C25H26BrF3N2O3S. The Bertz CT molecular complexity index is 1270. The highest BCUT2D eigenvalue weighted by Crippen LogP contribution is 2.47. The lowest BCUT2D eigenvalue weighted by Gasteiger charge is -2.15. The van der Waals surface area contributed by atoms with Gasteiger partial charge in [-0.25, -0.2) is 4.79 Å². The van der Waals surface area contributed by atoms with E-state index >= 15 is 0 Å². The number of fused-ring (bicyclic) bond motifs is 1. The number of hydrogen-bond acceptors (Lipinski definition) is 5. The largest absolute Gasteiger partial charge is 0.506 e. The van der Waals surface area contributed by atoms with Crippen LogP contribution in [0.5, 0.6) is 5.75 Å². The number of rotatable bonds is 8. The third kappa shape index (κ3) is 5.34. The first kappa shape index (κ1) is 25.9. The van der Waals surface area contributed by atoms with Crippen LogP contribution in [0.4, 0.5) is 13.2 Å². The summed E-state index contributed by atoms with van der Waals surface area (Å²) in [6, 6.07) is 7.18. The van der Waals surface area contributed by atoms with Crippen LogP contribution in [0.2, 0.25) is 0 Å². The molecule has 1 aliphatic rings. The predicted octanol–water partition coefficient (Wildman–Crippen LogP) is 6.99. The Balaban J connectivity index is 1.90. The highest BCUT2D eigenvalue weighted by atomic mass is 79.9. The van der Waals surface area contributed by atoms with Gasteiger partial charge in [0, 0.05) is 39.9 Å². The van der Waals surface area contributed by atoms with Gasteiger partial charge in [0.2, 0.25) is 0 Å². The Kier molecular flexibility index (Phi) is 7.45. The van der Waals surface area contributed by atoms with Crippen molar-refractivity contribution in [2.75, 3.05) is 20.7 Å². The van der Waals surface area contributed by atoms with E-state index in [0.717, 1.165) is 30.5 Å². The van der Waals surface area contributed by atoms with Crippen LogP contribution in [0.25, 0.3) is 10.9 Å². The van der Waals surface area contributed by atoms with Crippen LogP contribution in [0.3, 0.4) is 0 Å². The minimum atomic E-state index is -4.43. The van der Waals surface area contributed by atoms with Crippen molar-refractivity contribution in [3.05, 3.63) is 57.2 Å². The average molecular weight is 571 g/mol. The molecule has 1 aromatic heterocycles. The molecule has 1 saturated carbocycles. The Morgan fingerprint density at radius 3 is 2.60 bits per heavy atom. The molecule has 3 aromatic rings. The van der Waals surface area contributed by atoms with E-state index in [-0.39, 0.29) is 24.2 Å². The monoisotopic (exact) mass is 570 g/mol. The average Bonchev–Trinajstić information content (AvgIpc) is 3.57. The van der Waals surface area contributed by atoms with Gasteiger partial charge in [-0.2, -0.15) is 13.2 Å². The Hall–Kier alpha value is -2.17. The van der Waals surface area contributed by atoms with E-state index in [1.807, 2.05) is 25.1 Å². The Morgan fingerprint density at radius 1 is 1.29 bits per heavy atom. The van der Waals surface area contributed by atoms with Crippen LogP contribution in [0.15, 0.2) is 39.7 Å². The van der Waals surface area contributed by atoms with Gasteiger partial charge in [-0.05, 0) is 74.1 Å². The van der Waals surface area contributed by atoms with Crippen LogP contribution in [0.1, 0.15) is 53.0 Å². The number of phenols is 1. The summed E-state index contributed by atoms with van der Waals surface area (Å²) in [6.07, 6.45) is -2.55. The summed E-state index contributed by atoms with van der Waals surface area (Å²) in [7, 11) is 3.75. The smallest absolute Gasteiger partial charge is 0.416 e. The molecule has 0 unspecified atom stereocenters. The SMILES string of the molecule is CCOC(=O)c1c(CSc2cccc(C(F)(F)F)c2)n(C2CC2)c2cc(Br)c(O)c(CN(C)C)c12. The van der Waals surface area contributed by atoms with Crippen LogP contribution >= 0.6 is 27.7 Å². The summed E-state index contributed by atoms with van der Waals surface area (Å²) < 4.78 is 47.7. The van der Waals surface area contributed by atoms with Crippen molar-refractivity contribution in [3.63, 3.8) is 0 Å². The van der Waals surface area contributed by atoms with Crippen molar-refractivity contribution in [3.8, 4) is 5.75 Å². The van der Waals surface area contributed by atoms with Gasteiger partial charge in [0.05, 0.1) is 27.7 Å². The normalized spacial score (nSPS) is 14.2. The number of alkyl halides is 3. The summed E-state index contributed by atoms with van der Waals surface area (Å²) in [5.74, 6) is -0.166. The molecule has 0 radical (unpaired) electrons. The summed E-state index contributed by atoms with van der Waals surface area (Å²) in [5, 5.41) is 11.5. The maximum atomic E-state index is 13.3. The number of halogens is 4. The fraction of sp³-hybridized carbons (Fsp3) is 0.400. The number of ether oxygens (including phenoxy) is 1. The summed E-state index contributed by atoms with van der Waals surface area (Å²) in [5.41, 5.74) is 1.76. The molecule has 1 heterocycles. The number of carbonyl (C=O) groups is 1. The minimum Gasteiger partial charge on any atom is -0.506 e. The van der Waals surface area contributed by atoms with Gasteiger partial charge in [-0.1, -0.05) is 6.07 Å². The molecule has 0 saturated heterocycles. The van der Waals surface area contributed by atoms with E-state index in [4.69, 9.17) is 4.74 Å². The zero-order valence-electron chi connectivity index (χ0n) is 19.6. The number of nitrogens with zero attached hydrogens (tertiary/aromatic N) is 2. The van der Waals surface area contributed by atoms with Crippen molar-refractivity contribution in [2.24, 2.45) is 0 Å². The van der Waals surface area contributed by atoms with E-state index in [2.05, 4.69) is 20.5 Å². The fourth-order valence-corrected chi connectivity index (χ4v) is 5.68. The molecule has 1 fully saturated rings. The van der Waals surface area contributed by atoms with Gasteiger partial charge in [0.25, 0.3) is 0 Å². The van der Waals surface area contributed by atoms with Crippen molar-refractivity contribution < 1.29 is 27.8 Å². The molecule has 0 atom stereocenters. The third-order valence-electron chi connectivity index (χ3n) is 5.83. The summed E-state index contributed by atoms with van der Waals surface area (Å²) >= 11 is 4.70. The number of aromatic nitrogens is 1. The fourth-order valence-electron chi connectivity index (χ4n) is 4.26. The summed E-state index contributed by atoms with van der Waals surface area (Å²) in [4.78, 5) is 15.6. The molecule has 1 aliphatic carbocycles. The van der Waals surface area contributed by atoms with Crippen molar-refractivity contribution >= 4 is 44.6 Å². The lowest BCUT2D eigenvalue weighted by Crippen LogP contribution is -2.13. The van der Waals surface area contributed by atoms with Crippen LogP contribution in [-0.4, -0.2) is 41.2 Å². The molecule has 10 heteroatoms. The van der Waals surface area contributed by atoms with Crippen LogP contribution in [0, 0.1) is 0 Å². The molecule has 0 bridgehead atoms. The molecule has 188 valence electrons. The lowest BCUT2D eigenvalue weighted by atomic mass is 10.0. The van der Waals surface area contributed by atoms with E-state index in [1.54, 1.807) is 13.0 Å². The van der Waals surface area contributed by atoms with Gasteiger partial charge < -0.3 is 19.3 Å². The third-order valence-corrected chi connectivity index (χ3v) is 7.43. The Labute approximate surface area is 214 Å². The standard InChI is InChI=1S/C25H26BrF3N2O3S/c1-4-34-24(33)22-20(13-35-16-7-5-6-14(10-16)25(27,28)29)31(15-8-9-15)19-11-18(26)23(32)17(21(19)22)12-30(2)3/h5-7,10-11,15,32H,4,8-9,12-13H2,1-3H3. The number of phenolic OH excluding ortho intramolecular Hbond substituents is 1. The molecular weight excluding hydrogens is 545 g/mol. The minimum absolute atomic E-state index is 0.0572. The lowest BCUT2D eigenvalue weighted by molar-refractivity contribution is -0.137. The second-order valence-corrected chi connectivity index (χ2v) is 10.7. The topological polar surface area (TPSA) is 54.7 Å². The number of esters is 1. The van der Waals surface area contributed by atoms with Gasteiger partial charge >= 0.3 is 12.1 Å². The first-order valence-corrected chi connectivity index (χ1v) is 13.0. The highest BCUT2D eigenvalue weighted by molar-refractivity contribution is 9.10. The second kappa shape index (κ2) is 10.1. The zero-order chi connectivity index (χ0) is 25.5. The molecule has 1 N–H and O–H groups in total. The first-order chi connectivity index (χ1) is 16.5. The van der Waals surface area contributed by atoms with E-state index in [0.29, 0.717) is 38.1 Å². The van der Waals surface area contributed by atoms with Crippen molar-refractivity contribution in [1.29, 1.82) is 0 Å². The quantitative estimate of drug-likeness (QED) is 0.233. The number of aromatic hydroxyl groups is 1. The van der Waals surface area contributed by atoms with E-state index in [1.165, 1.54) is 17.8 Å². The van der Waals surface area contributed by atoms with Gasteiger partial charge in [-0.15, -0.1) is 11.8 Å². The molecule has 0 amide bonds. The number of thioether (sulfide) groups is 1. The Morgan fingerprint density at radius 2 is 2.00 bits per heavy atom. The van der Waals surface area contributed by atoms with Gasteiger partial charge in [-0.3, -0.25) is 0 Å².